The molecule has 1 amide bonds. The molecule has 0 radical (unpaired) electrons. The Hall–Kier alpha value is -2.37. The van der Waals surface area contributed by atoms with Gasteiger partial charge in [0.1, 0.15) is 12.4 Å². The van der Waals surface area contributed by atoms with E-state index in [1.807, 2.05) is 36.4 Å². The fourth-order valence-corrected chi connectivity index (χ4v) is 3.94. The van der Waals surface area contributed by atoms with E-state index < -0.39 is 0 Å². The highest BCUT2D eigenvalue weighted by atomic mass is 16.5. The molecular weight excluding hydrogens is 366 g/mol. The lowest BCUT2D eigenvalue weighted by Crippen LogP contribution is -2.35. The first kappa shape index (κ1) is 21.3. The number of ether oxygens (including phenoxy) is 3. The summed E-state index contributed by atoms with van der Waals surface area (Å²) in [5, 5.41) is 0. The van der Waals surface area contributed by atoms with E-state index in [-0.39, 0.29) is 11.5 Å². The van der Waals surface area contributed by atoms with E-state index in [4.69, 9.17) is 14.2 Å². The number of amides is 1. The molecule has 0 unspecified atom stereocenters. The summed E-state index contributed by atoms with van der Waals surface area (Å²) in [6.07, 6.45) is 4.20. The lowest BCUT2D eigenvalue weighted by atomic mass is 9.78. The van der Waals surface area contributed by atoms with Crippen LogP contribution in [-0.4, -0.2) is 33.3 Å². The highest BCUT2D eigenvalue weighted by Gasteiger charge is 2.37. The topological polar surface area (TPSA) is 48.0 Å². The van der Waals surface area contributed by atoms with Gasteiger partial charge in [0.25, 0.3) is 0 Å². The fraction of sp³-hybridized carbons (Fsp3) is 0.458. The minimum absolute atomic E-state index is 0.0115. The Labute approximate surface area is 173 Å². The zero-order chi connectivity index (χ0) is 20.9. The van der Waals surface area contributed by atoms with Crippen molar-refractivity contribution >= 4 is 11.6 Å². The van der Waals surface area contributed by atoms with E-state index in [0.717, 1.165) is 48.2 Å². The maximum atomic E-state index is 11.5. The van der Waals surface area contributed by atoms with Crippen LogP contribution in [0.4, 0.5) is 5.69 Å². The van der Waals surface area contributed by atoms with Crippen molar-refractivity contribution in [2.24, 2.45) is 0 Å². The van der Waals surface area contributed by atoms with Crippen LogP contribution < -0.4 is 9.64 Å². The third-order valence-corrected chi connectivity index (χ3v) is 6.03. The number of carbonyl (C=O) groups excluding carboxylic acids is 1. The van der Waals surface area contributed by atoms with Gasteiger partial charge in [0, 0.05) is 33.9 Å². The van der Waals surface area contributed by atoms with Gasteiger partial charge in [-0.25, -0.2) is 0 Å². The molecule has 29 heavy (non-hydrogen) atoms. The zero-order valence-electron chi connectivity index (χ0n) is 17.8. The predicted octanol–water partition coefficient (Wildman–Crippen LogP) is 4.68. The highest BCUT2D eigenvalue weighted by Crippen LogP contribution is 2.41. The van der Waals surface area contributed by atoms with Crippen LogP contribution >= 0.6 is 0 Å². The molecule has 0 aromatic heterocycles. The van der Waals surface area contributed by atoms with Crippen LogP contribution in [0.1, 0.15) is 43.7 Å². The van der Waals surface area contributed by atoms with Gasteiger partial charge in [-0.1, -0.05) is 24.3 Å². The van der Waals surface area contributed by atoms with Crippen molar-refractivity contribution in [3.63, 3.8) is 0 Å². The molecule has 0 spiro atoms. The number of nitrogens with zero attached hydrogens (tertiary/aromatic N) is 1. The molecule has 3 rings (SSSR count). The van der Waals surface area contributed by atoms with Gasteiger partial charge in [0.15, 0.2) is 0 Å². The van der Waals surface area contributed by atoms with Crippen molar-refractivity contribution in [1.82, 2.24) is 0 Å². The second-order valence-corrected chi connectivity index (χ2v) is 7.69. The second kappa shape index (κ2) is 9.42. The molecule has 2 aromatic carbocycles. The number of anilines is 1. The Morgan fingerprint density at radius 3 is 2.38 bits per heavy atom. The van der Waals surface area contributed by atoms with Gasteiger partial charge >= 0.3 is 0 Å². The molecule has 0 heterocycles. The van der Waals surface area contributed by atoms with Crippen molar-refractivity contribution in [3.05, 3.63) is 59.7 Å². The third-order valence-electron chi connectivity index (χ3n) is 6.03. The van der Waals surface area contributed by atoms with Crippen molar-refractivity contribution in [2.45, 2.75) is 50.9 Å². The van der Waals surface area contributed by atoms with Crippen LogP contribution in [0.15, 0.2) is 48.5 Å². The van der Waals surface area contributed by atoms with Gasteiger partial charge < -0.3 is 19.1 Å². The largest absolute Gasteiger partial charge is 0.489 e. The molecule has 2 aromatic rings. The normalized spacial score (nSPS) is 21.6. The van der Waals surface area contributed by atoms with Gasteiger partial charge in [-0.15, -0.1) is 0 Å². The Morgan fingerprint density at radius 2 is 1.79 bits per heavy atom. The molecule has 1 saturated carbocycles. The summed E-state index contributed by atoms with van der Waals surface area (Å²) < 4.78 is 17.5. The van der Waals surface area contributed by atoms with Crippen LogP contribution in [-0.2, 0) is 26.5 Å². The summed E-state index contributed by atoms with van der Waals surface area (Å²) in [5.74, 6) is 0.843. The van der Waals surface area contributed by atoms with Crippen molar-refractivity contribution in [2.75, 3.05) is 26.2 Å². The quantitative estimate of drug-likeness (QED) is 0.681. The zero-order valence-corrected chi connectivity index (χ0v) is 17.8. The molecule has 0 bridgehead atoms. The molecule has 0 aliphatic heterocycles. The maximum Gasteiger partial charge on any atom is 0.223 e. The minimum atomic E-state index is -0.271. The standard InChI is InChI=1S/C24H31NO4/c1-18(26)25(2)21-10-8-19(9-11-21)17-29-23-7-5-6-20(16-23)24(28-4)14-12-22(27-3)13-15-24/h5-11,16,22H,12-15,17H2,1-4H3. The van der Waals surface area contributed by atoms with Gasteiger partial charge in [-0.2, -0.15) is 0 Å². The van der Waals surface area contributed by atoms with Crippen molar-refractivity contribution in [1.29, 1.82) is 0 Å². The summed E-state index contributed by atoms with van der Waals surface area (Å²) in [6, 6.07) is 16.1. The van der Waals surface area contributed by atoms with Crippen LogP contribution in [0.5, 0.6) is 5.75 Å². The molecule has 1 fully saturated rings. The highest BCUT2D eigenvalue weighted by molar-refractivity contribution is 5.90. The molecule has 0 N–H and O–H groups in total. The molecule has 156 valence electrons. The fourth-order valence-electron chi connectivity index (χ4n) is 3.94. The van der Waals surface area contributed by atoms with Crippen molar-refractivity contribution in [3.8, 4) is 5.75 Å². The summed E-state index contributed by atoms with van der Waals surface area (Å²) in [7, 11) is 5.34. The molecule has 1 aliphatic carbocycles. The predicted molar refractivity (Wildman–Crippen MR) is 114 cm³/mol. The van der Waals surface area contributed by atoms with E-state index in [0.29, 0.717) is 12.7 Å². The lowest BCUT2D eigenvalue weighted by Gasteiger charge is -2.39. The van der Waals surface area contributed by atoms with E-state index in [1.165, 1.54) is 0 Å². The third kappa shape index (κ3) is 4.98. The van der Waals surface area contributed by atoms with Gasteiger partial charge in [-0.3, -0.25) is 4.79 Å². The van der Waals surface area contributed by atoms with E-state index in [2.05, 4.69) is 12.1 Å². The first-order valence-corrected chi connectivity index (χ1v) is 10.1. The first-order valence-electron chi connectivity index (χ1n) is 10.1. The maximum absolute atomic E-state index is 11.5. The summed E-state index contributed by atoms with van der Waals surface area (Å²) in [6.45, 7) is 2.03. The molecule has 5 nitrogen and oxygen atoms in total. The number of rotatable bonds is 7. The Kier molecular flexibility index (Phi) is 6.93. The number of carbonyl (C=O) groups is 1. The second-order valence-electron chi connectivity index (χ2n) is 7.69. The SMILES string of the molecule is COC1CCC(OC)(c2cccc(OCc3ccc(N(C)C(C)=O)cc3)c2)CC1. The van der Waals surface area contributed by atoms with Gasteiger partial charge in [-0.05, 0) is 61.1 Å². The molecule has 5 heteroatoms. The lowest BCUT2D eigenvalue weighted by molar-refractivity contribution is -0.116. The Morgan fingerprint density at radius 1 is 1.10 bits per heavy atom. The summed E-state index contributed by atoms with van der Waals surface area (Å²) in [5.41, 5.74) is 2.81. The van der Waals surface area contributed by atoms with Gasteiger partial charge in [0.2, 0.25) is 5.91 Å². The monoisotopic (exact) mass is 397 g/mol. The number of methoxy groups -OCH3 is 2. The number of hydrogen-bond donors (Lipinski definition) is 0. The molecule has 0 saturated heterocycles. The Balaban J connectivity index is 1.66. The van der Waals surface area contributed by atoms with Crippen LogP contribution in [0.2, 0.25) is 0 Å². The van der Waals surface area contributed by atoms with Crippen LogP contribution in [0.25, 0.3) is 0 Å². The average molecular weight is 398 g/mol. The number of benzene rings is 2. The number of hydrogen-bond acceptors (Lipinski definition) is 4. The summed E-state index contributed by atoms with van der Waals surface area (Å²) in [4.78, 5) is 13.1. The smallest absolute Gasteiger partial charge is 0.223 e. The van der Waals surface area contributed by atoms with Crippen molar-refractivity contribution < 1.29 is 19.0 Å². The van der Waals surface area contributed by atoms with Crippen LogP contribution in [0, 0.1) is 0 Å². The van der Waals surface area contributed by atoms with E-state index >= 15 is 0 Å². The average Bonchev–Trinajstić information content (AvgIpc) is 2.77. The first-order chi connectivity index (χ1) is 14.0. The summed E-state index contributed by atoms with van der Waals surface area (Å²) >= 11 is 0. The minimum Gasteiger partial charge on any atom is -0.489 e. The Bertz CT molecular complexity index is 810. The van der Waals surface area contributed by atoms with E-state index in [1.54, 1.807) is 33.1 Å². The van der Waals surface area contributed by atoms with E-state index in [9.17, 15) is 4.79 Å². The molecule has 1 aliphatic rings. The van der Waals surface area contributed by atoms with Gasteiger partial charge in [0.05, 0.1) is 11.7 Å². The molecule has 0 atom stereocenters. The molecular formula is C24H31NO4. The van der Waals surface area contributed by atoms with Crippen LogP contribution in [0.3, 0.4) is 0 Å².